The van der Waals surface area contributed by atoms with Crippen molar-refractivity contribution in [1.29, 1.82) is 0 Å². The summed E-state index contributed by atoms with van der Waals surface area (Å²) in [6.07, 6.45) is 0. The van der Waals surface area contributed by atoms with E-state index in [1.165, 1.54) is 0 Å². The van der Waals surface area contributed by atoms with E-state index >= 15 is 0 Å². The monoisotopic (exact) mass is 592 g/mol. The molecule has 0 amide bonds. The lowest BCUT2D eigenvalue weighted by Crippen LogP contribution is -2.10. The Morgan fingerprint density at radius 3 is 1.54 bits per heavy atom. The average molecular weight is 593 g/mol. The van der Waals surface area contributed by atoms with Crippen LogP contribution in [0, 0.1) is 0 Å². The lowest BCUT2D eigenvalue weighted by molar-refractivity contribution is 0.667. The van der Waals surface area contributed by atoms with Crippen LogP contribution in [-0.4, -0.2) is 0 Å². The number of fused-ring (bicyclic) bond motifs is 6. The van der Waals surface area contributed by atoms with E-state index < -0.39 is 0 Å². The highest BCUT2D eigenvalue weighted by Crippen LogP contribution is 2.47. The molecule has 7 aromatic carbocycles. The third-order valence-corrected chi connectivity index (χ3v) is 8.63. The Hall–Kier alpha value is -6.26. The maximum absolute atomic E-state index is 6.81. The van der Waals surface area contributed by atoms with Crippen LogP contribution in [0.5, 0.6) is 0 Å². The molecular formula is C42H28N2O2. The molecule has 0 saturated heterocycles. The fourth-order valence-electron chi connectivity index (χ4n) is 6.62. The number of nitrogens with zero attached hydrogens (tertiary/aromatic N) is 2. The maximum Gasteiger partial charge on any atom is 0.159 e. The van der Waals surface area contributed by atoms with E-state index in [9.17, 15) is 0 Å². The first-order valence-electron chi connectivity index (χ1n) is 15.4. The standard InChI is InChI=1S/C42H28N2O2/c1-4-14-29(15-5-1)43(30-16-6-2-7-17-30)36-22-13-25-39-41(36)35-21-12-23-37(42(35)46-39)44(31-18-8-3-9-19-31)32-26-27-34-33-20-10-11-24-38(33)45-40(34)28-32/h1-28H. The molecule has 0 fully saturated rings. The summed E-state index contributed by atoms with van der Waals surface area (Å²) in [5.74, 6) is 0. The smallest absolute Gasteiger partial charge is 0.159 e. The largest absolute Gasteiger partial charge is 0.456 e. The second-order valence-electron chi connectivity index (χ2n) is 11.4. The number of rotatable bonds is 6. The van der Waals surface area contributed by atoms with Crippen molar-refractivity contribution in [2.75, 3.05) is 9.80 Å². The van der Waals surface area contributed by atoms with Crippen molar-refractivity contribution in [3.05, 3.63) is 170 Å². The minimum absolute atomic E-state index is 0.819. The first kappa shape index (κ1) is 26.2. The summed E-state index contributed by atoms with van der Waals surface area (Å²) in [6, 6.07) is 58.8. The van der Waals surface area contributed by atoms with Crippen LogP contribution in [0.15, 0.2) is 179 Å². The molecule has 0 atom stereocenters. The van der Waals surface area contributed by atoms with Crippen molar-refractivity contribution in [2.24, 2.45) is 0 Å². The van der Waals surface area contributed by atoms with Gasteiger partial charge in [0.25, 0.3) is 0 Å². The number of hydrogen-bond acceptors (Lipinski definition) is 4. The summed E-state index contributed by atoms with van der Waals surface area (Å²) in [5, 5.41) is 4.32. The van der Waals surface area contributed by atoms with Crippen molar-refractivity contribution < 1.29 is 8.83 Å². The second-order valence-corrected chi connectivity index (χ2v) is 11.4. The molecule has 2 heterocycles. The van der Waals surface area contributed by atoms with Crippen LogP contribution in [0.4, 0.5) is 34.1 Å². The molecule has 0 bridgehead atoms. The Labute approximate surface area is 265 Å². The fourth-order valence-corrected chi connectivity index (χ4v) is 6.62. The minimum Gasteiger partial charge on any atom is -0.456 e. The van der Waals surface area contributed by atoms with E-state index in [4.69, 9.17) is 8.83 Å². The molecule has 0 radical (unpaired) electrons. The summed E-state index contributed by atoms with van der Waals surface area (Å²) in [7, 11) is 0. The number of benzene rings is 7. The van der Waals surface area contributed by atoms with Gasteiger partial charge in [0.1, 0.15) is 16.7 Å². The van der Waals surface area contributed by atoms with Crippen LogP contribution < -0.4 is 9.80 Å². The Morgan fingerprint density at radius 1 is 0.326 bits per heavy atom. The third-order valence-electron chi connectivity index (χ3n) is 8.63. The van der Waals surface area contributed by atoms with Crippen LogP contribution in [0.2, 0.25) is 0 Å². The number of para-hydroxylation sites is 5. The summed E-state index contributed by atoms with van der Waals surface area (Å²) < 4.78 is 13.1. The molecular weight excluding hydrogens is 564 g/mol. The Morgan fingerprint density at radius 2 is 0.848 bits per heavy atom. The van der Waals surface area contributed by atoms with Crippen molar-refractivity contribution in [1.82, 2.24) is 0 Å². The SMILES string of the molecule is c1ccc(N(c2ccc3c(c2)oc2ccccc23)c2cccc3c2oc2cccc(N(c4ccccc4)c4ccccc4)c23)cc1. The van der Waals surface area contributed by atoms with Gasteiger partial charge in [-0.05, 0) is 72.8 Å². The van der Waals surface area contributed by atoms with Crippen LogP contribution >= 0.6 is 0 Å². The lowest BCUT2D eigenvalue weighted by atomic mass is 10.1. The van der Waals surface area contributed by atoms with Gasteiger partial charge in [-0.25, -0.2) is 0 Å². The van der Waals surface area contributed by atoms with E-state index in [0.29, 0.717) is 0 Å². The number of furan rings is 2. The molecule has 218 valence electrons. The second kappa shape index (κ2) is 10.7. The Kier molecular flexibility index (Phi) is 6.10. The molecule has 0 saturated carbocycles. The van der Waals surface area contributed by atoms with Gasteiger partial charge in [0.05, 0.1) is 22.4 Å². The highest BCUT2D eigenvalue weighted by molar-refractivity contribution is 6.16. The van der Waals surface area contributed by atoms with Crippen LogP contribution in [-0.2, 0) is 0 Å². The van der Waals surface area contributed by atoms with Crippen molar-refractivity contribution in [3.63, 3.8) is 0 Å². The predicted octanol–water partition coefficient (Wildman–Crippen LogP) is 12.4. The first-order chi connectivity index (χ1) is 22.8. The molecule has 9 aromatic rings. The molecule has 4 nitrogen and oxygen atoms in total. The molecule has 0 N–H and O–H groups in total. The van der Waals surface area contributed by atoms with E-state index in [2.05, 4.69) is 149 Å². The van der Waals surface area contributed by atoms with Crippen LogP contribution in [0.1, 0.15) is 0 Å². The van der Waals surface area contributed by atoms with Gasteiger partial charge in [-0.3, -0.25) is 0 Å². The molecule has 0 unspecified atom stereocenters. The van der Waals surface area contributed by atoms with E-state index in [0.717, 1.165) is 78.0 Å². The van der Waals surface area contributed by atoms with Gasteiger partial charge in [-0.2, -0.15) is 0 Å². The van der Waals surface area contributed by atoms with Gasteiger partial charge < -0.3 is 18.6 Å². The number of hydrogen-bond donors (Lipinski definition) is 0. The highest BCUT2D eigenvalue weighted by Gasteiger charge is 2.23. The summed E-state index contributed by atoms with van der Waals surface area (Å²) in [5.41, 5.74) is 9.57. The van der Waals surface area contributed by atoms with E-state index in [-0.39, 0.29) is 0 Å². The first-order valence-corrected chi connectivity index (χ1v) is 15.4. The molecule has 0 aliphatic rings. The topological polar surface area (TPSA) is 32.8 Å². The van der Waals surface area contributed by atoms with Crippen LogP contribution in [0.3, 0.4) is 0 Å². The predicted molar refractivity (Wildman–Crippen MR) is 190 cm³/mol. The summed E-state index contributed by atoms with van der Waals surface area (Å²) >= 11 is 0. The molecule has 9 rings (SSSR count). The van der Waals surface area contributed by atoms with E-state index in [1.54, 1.807) is 0 Å². The normalized spacial score (nSPS) is 11.5. The van der Waals surface area contributed by atoms with Gasteiger partial charge in [-0.1, -0.05) is 91.0 Å². The maximum atomic E-state index is 6.81. The zero-order valence-electron chi connectivity index (χ0n) is 24.9. The van der Waals surface area contributed by atoms with E-state index in [1.807, 2.05) is 30.3 Å². The molecule has 0 aliphatic carbocycles. The van der Waals surface area contributed by atoms with Gasteiger partial charge in [0.2, 0.25) is 0 Å². The highest BCUT2D eigenvalue weighted by atomic mass is 16.3. The minimum atomic E-state index is 0.819. The molecule has 2 aromatic heterocycles. The van der Waals surface area contributed by atoms with Gasteiger partial charge >= 0.3 is 0 Å². The fraction of sp³-hybridized carbons (Fsp3) is 0. The Balaban J connectivity index is 1.28. The number of anilines is 6. The summed E-state index contributed by atoms with van der Waals surface area (Å²) in [4.78, 5) is 4.55. The van der Waals surface area contributed by atoms with Gasteiger partial charge in [0, 0.05) is 39.3 Å². The zero-order chi connectivity index (χ0) is 30.5. The third kappa shape index (κ3) is 4.23. The summed E-state index contributed by atoms with van der Waals surface area (Å²) in [6.45, 7) is 0. The van der Waals surface area contributed by atoms with Crippen LogP contribution in [0.25, 0.3) is 43.9 Å². The average Bonchev–Trinajstić information content (AvgIpc) is 3.69. The zero-order valence-corrected chi connectivity index (χ0v) is 24.9. The quantitative estimate of drug-likeness (QED) is 0.192. The van der Waals surface area contributed by atoms with Crippen molar-refractivity contribution in [3.8, 4) is 0 Å². The Bertz CT molecular complexity index is 2440. The molecule has 0 aliphatic heterocycles. The van der Waals surface area contributed by atoms with Gasteiger partial charge in [-0.15, -0.1) is 0 Å². The van der Waals surface area contributed by atoms with Gasteiger partial charge in [0.15, 0.2) is 5.58 Å². The van der Waals surface area contributed by atoms with Crippen molar-refractivity contribution in [2.45, 2.75) is 0 Å². The lowest BCUT2D eigenvalue weighted by Gasteiger charge is -2.26. The molecule has 4 heteroatoms. The van der Waals surface area contributed by atoms with Crippen molar-refractivity contribution >= 4 is 78.0 Å². The molecule has 0 spiro atoms. The molecule has 46 heavy (non-hydrogen) atoms.